The largest absolute Gasteiger partial charge is 0.369 e. The predicted molar refractivity (Wildman–Crippen MR) is 108 cm³/mol. The normalized spacial score (nSPS) is 16.1. The minimum absolute atomic E-state index is 0.0311. The van der Waals surface area contributed by atoms with Crippen molar-refractivity contribution in [2.75, 3.05) is 37.6 Å². The number of para-hydroxylation sites is 1. The van der Waals surface area contributed by atoms with Crippen molar-refractivity contribution in [2.45, 2.75) is 20.4 Å². The molecule has 1 saturated heterocycles. The Morgan fingerprint density at radius 2 is 1.63 bits per heavy atom. The molecule has 3 aromatic rings. The number of anilines is 1. The lowest BCUT2D eigenvalue weighted by Crippen LogP contribution is -2.50. The van der Waals surface area contributed by atoms with E-state index < -0.39 is 0 Å². The first kappa shape index (κ1) is 17.8. The van der Waals surface area contributed by atoms with Crippen LogP contribution in [0.3, 0.4) is 0 Å². The summed E-state index contributed by atoms with van der Waals surface area (Å²) >= 11 is 0. The molecule has 2 aromatic heterocycles. The van der Waals surface area contributed by atoms with E-state index in [0.717, 1.165) is 32.7 Å². The summed E-state index contributed by atoms with van der Waals surface area (Å²) in [4.78, 5) is 17.5. The van der Waals surface area contributed by atoms with Gasteiger partial charge in [0.05, 0.1) is 6.54 Å². The minimum atomic E-state index is -0.0624. The first-order valence-electron chi connectivity index (χ1n) is 9.58. The molecular formula is C21H27N5O. The highest BCUT2D eigenvalue weighted by atomic mass is 16.2. The van der Waals surface area contributed by atoms with Gasteiger partial charge in [-0.05, 0) is 29.7 Å². The third-order valence-corrected chi connectivity index (χ3v) is 5.21. The van der Waals surface area contributed by atoms with Gasteiger partial charge in [-0.15, -0.1) is 5.10 Å². The molecule has 3 heterocycles. The van der Waals surface area contributed by atoms with Crippen LogP contribution in [0.25, 0.3) is 5.65 Å². The molecule has 1 fully saturated rings. The van der Waals surface area contributed by atoms with E-state index in [2.05, 4.69) is 59.1 Å². The summed E-state index contributed by atoms with van der Waals surface area (Å²) in [5.41, 5.74) is 1.91. The zero-order chi connectivity index (χ0) is 18.9. The Morgan fingerprint density at radius 1 is 0.926 bits per heavy atom. The van der Waals surface area contributed by atoms with E-state index >= 15 is 0 Å². The van der Waals surface area contributed by atoms with Gasteiger partial charge in [-0.1, -0.05) is 38.1 Å². The van der Waals surface area contributed by atoms with Crippen LogP contribution < -0.4 is 10.6 Å². The van der Waals surface area contributed by atoms with Crippen molar-refractivity contribution in [3.05, 3.63) is 65.2 Å². The van der Waals surface area contributed by atoms with Gasteiger partial charge in [0, 0.05) is 44.6 Å². The first-order chi connectivity index (χ1) is 13.0. The summed E-state index contributed by atoms with van der Waals surface area (Å²) in [7, 11) is 0. The Bertz CT molecular complexity index is 951. The second-order valence-corrected chi connectivity index (χ2v) is 8.13. The minimum Gasteiger partial charge on any atom is -0.369 e. The fraction of sp³-hybridized carbons (Fsp3) is 0.429. The van der Waals surface area contributed by atoms with Crippen LogP contribution in [0, 0.1) is 5.41 Å². The molecule has 142 valence electrons. The molecular weight excluding hydrogens is 338 g/mol. The van der Waals surface area contributed by atoms with Crippen LogP contribution in [-0.2, 0) is 6.54 Å². The Labute approximate surface area is 159 Å². The second kappa shape index (κ2) is 7.19. The maximum absolute atomic E-state index is 12.5. The highest BCUT2D eigenvalue weighted by Crippen LogP contribution is 2.22. The average Bonchev–Trinajstić information content (AvgIpc) is 2.98. The van der Waals surface area contributed by atoms with Crippen molar-refractivity contribution >= 4 is 11.3 Å². The number of fused-ring (bicyclic) bond motifs is 1. The molecule has 4 rings (SSSR count). The molecule has 0 spiro atoms. The number of aromatic nitrogens is 3. The predicted octanol–water partition coefficient (Wildman–Crippen LogP) is 2.34. The van der Waals surface area contributed by atoms with E-state index in [1.54, 1.807) is 15.3 Å². The van der Waals surface area contributed by atoms with Gasteiger partial charge in [0.2, 0.25) is 0 Å². The van der Waals surface area contributed by atoms with Gasteiger partial charge < -0.3 is 4.90 Å². The number of pyridine rings is 1. The first-order valence-corrected chi connectivity index (χ1v) is 9.58. The molecule has 0 N–H and O–H groups in total. The summed E-state index contributed by atoms with van der Waals surface area (Å²) in [5.74, 6) is 0. The smallest absolute Gasteiger partial charge is 0.350 e. The fourth-order valence-electron chi connectivity index (χ4n) is 3.93. The number of hydrogen-bond acceptors (Lipinski definition) is 4. The van der Waals surface area contributed by atoms with Crippen molar-refractivity contribution in [1.29, 1.82) is 0 Å². The highest BCUT2D eigenvalue weighted by Gasteiger charge is 2.27. The molecule has 1 aliphatic rings. The molecule has 1 aliphatic heterocycles. The fourth-order valence-corrected chi connectivity index (χ4v) is 3.93. The summed E-state index contributed by atoms with van der Waals surface area (Å²) in [6.07, 6.45) is 1.77. The van der Waals surface area contributed by atoms with E-state index in [1.807, 2.05) is 18.2 Å². The molecule has 27 heavy (non-hydrogen) atoms. The molecule has 0 radical (unpaired) electrons. The van der Waals surface area contributed by atoms with E-state index in [-0.39, 0.29) is 11.1 Å². The van der Waals surface area contributed by atoms with Crippen molar-refractivity contribution in [3.63, 3.8) is 0 Å². The molecule has 0 atom stereocenters. The second-order valence-electron chi connectivity index (χ2n) is 8.13. The number of piperazine rings is 1. The lowest BCUT2D eigenvalue weighted by Gasteiger charge is -2.39. The lowest BCUT2D eigenvalue weighted by molar-refractivity contribution is 0.148. The van der Waals surface area contributed by atoms with Gasteiger partial charge in [0.25, 0.3) is 0 Å². The van der Waals surface area contributed by atoms with Gasteiger partial charge in [0.1, 0.15) is 0 Å². The highest BCUT2D eigenvalue weighted by molar-refractivity contribution is 5.46. The van der Waals surface area contributed by atoms with Crippen LogP contribution in [0.1, 0.15) is 13.8 Å². The zero-order valence-electron chi connectivity index (χ0n) is 16.1. The van der Waals surface area contributed by atoms with Crippen molar-refractivity contribution in [1.82, 2.24) is 19.1 Å². The van der Waals surface area contributed by atoms with E-state index in [4.69, 9.17) is 0 Å². The number of rotatable bonds is 5. The van der Waals surface area contributed by atoms with Gasteiger partial charge in [-0.3, -0.25) is 9.30 Å². The third kappa shape index (κ3) is 3.90. The molecule has 1 aromatic carbocycles. The van der Waals surface area contributed by atoms with Gasteiger partial charge in [-0.25, -0.2) is 9.48 Å². The van der Waals surface area contributed by atoms with Crippen LogP contribution in [0.2, 0.25) is 0 Å². The maximum Gasteiger partial charge on any atom is 0.350 e. The summed E-state index contributed by atoms with van der Waals surface area (Å²) in [5, 5.41) is 4.48. The molecule has 6 nitrogen and oxygen atoms in total. The number of hydrogen-bond donors (Lipinski definition) is 0. The van der Waals surface area contributed by atoms with Gasteiger partial charge >= 0.3 is 5.69 Å². The Balaban J connectivity index is 1.39. The third-order valence-electron chi connectivity index (χ3n) is 5.21. The topological polar surface area (TPSA) is 45.8 Å². The zero-order valence-corrected chi connectivity index (χ0v) is 16.1. The van der Waals surface area contributed by atoms with E-state index in [1.165, 1.54) is 5.69 Å². The van der Waals surface area contributed by atoms with E-state index in [0.29, 0.717) is 12.2 Å². The van der Waals surface area contributed by atoms with Crippen molar-refractivity contribution in [2.24, 2.45) is 5.41 Å². The van der Waals surface area contributed by atoms with Crippen LogP contribution in [0.5, 0.6) is 0 Å². The van der Waals surface area contributed by atoms with Crippen LogP contribution in [-0.4, -0.2) is 51.8 Å². The maximum atomic E-state index is 12.5. The molecule has 0 aliphatic carbocycles. The summed E-state index contributed by atoms with van der Waals surface area (Å²) in [6.45, 7) is 10.2. The average molecular weight is 365 g/mol. The molecule has 0 amide bonds. The standard InChI is InChI=1S/C21H27N5O/c1-21(2,17-26-20(27)25-11-7-6-10-19(25)22-26)16-23-12-14-24(15-13-23)18-8-4-3-5-9-18/h3-11H,12-17H2,1-2H3. The Hall–Kier alpha value is -2.60. The Kier molecular flexibility index (Phi) is 4.74. The summed E-state index contributed by atoms with van der Waals surface area (Å²) in [6, 6.07) is 16.2. The number of benzene rings is 1. The van der Waals surface area contributed by atoms with Crippen LogP contribution in [0.15, 0.2) is 59.5 Å². The molecule has 0 saturated carbocycles. The Morgan fingerprint density at radius 3 is 2.33 bits per heavy atom. The molecule has 6 heteroatoms. The van der Waals surface area contributed by atoms with Crippen LogP contribution in [0.4, 0.5) is 5.69 Å². The van der Waals surface area contributed by atoms with Gasteiger partial charge in [0.15, 0.2) is 5.65 Å². The molecule has 0 unspecified atom stereocenters. The van der Waals surface area contributed by atoms with Crippen molar-refractivity contribution < 1.29 is 0 Å². The lowest BCUT2D eigenvalue weighted by atomic mass is 9.92. The summed E-state index contributed by atoms with van der Waals surface area (Å²) < 4.78 is 3.21. The van der Waals surface area contributed by atoms with Crippen molar-refractivity contribution in [3.8, 4) is 0 Å². The van der Waals surface area contributed by atoms with Gasteiger partial charge in [-0.2, -0.15) is 0 Å². The number of nitrogens with zero attached hydrogens (tertiary/aromatic N) is 5. The molecule has 0 bridgehead atoms. The SMILES string of the molecule is CC(C)(CN1CCN(c2ccccc2)CC1)Cn1nc2ccccn2c1=O. The van der Waals surface area contributed by atoms with E-state index in [9.17, 15) is 4.79 Å². The van der Waals surface area contributed by atoms with Crippen LogP contribution >= 0.6 is 0 Å². The quantitative estimate of drug-likeness (QED) is 0.696. The monoisotopic (exact) mass is 365 g/mol.